The third-order valence-electron chi connectivity index (χ3n) is 4.31. The van der Waals surface area contributed by atoms with Gasteiger partial charge in [0.1, 0.15) is 5.58 Å². The van der Waals surface area contributed by atoms with E-state index < -0.39 is 0 Å². The Kier molecular flexibility index (Phi) is 3.76. The van der Waals surface area contributed by atoms with Gasteiger partial charge in [-0.25, -0.2) is 0 Å². The molecule has 7 heteroatoms. The smallest absolute Gasteiger partial charge is 0.289 e. The van der Waals surface area contributed by atoms with E-state index in [2.05, 4.69) is 10.1 Å². The second-order valence-corrected chi connectivity index (χ2v) is 6.49. The number of benzene rings is 1. The van der Waals surface area contributed by atoms with Crippen LogP contribution < -0.4 is 0 Å². The predicted octanol–water partition coefficient (Wildman–Crippen LogP) is 3.80. The molecule has 6 nitrogen and oxygen atoms in total. The molecular weight excluding hydrogens is 330 g/mol. The second-order valence-electron chi connectivity index (χ2n) is 6.05. The van der Waals surface area contributed by atoms with E-state index in [-0.39, 0.29) is 11.8 Å². The molecule has 0 aliphatic carbocycles. The average molecular weight is 346 g/mol. The van der Waals surface area contributed by atoms with Gasteiger partial charge in [-0.05, 0) is 37.1 Å². The molecule has 0 N–H and O–H groups in total. The molecular formula is C17H16ClN3O3. The fourth-order valence-electron chi connectivity index (χ4n) is 3.13. The number of carbonyl (C=O) groups is 1. The fourth-order valence-corrected chi connectivity index (χ4v) is 3.31. The molecule has 1 saturated heterocycles. The molecule has 1 aliphatic rings. The number of fused-ring (bicyclic) bond motifs is 1. The zero-order valence-corrected chi connectivity index (χ0v) is 13.9. The Bertz CT molecular complexity index is 902. The molecule has 0 bridgehead atoms. The van der Waals surface area contributed by atoms with Crippen LogP contribution >= 0.6 is 11.6 Å². The Morgan fingerprint density at radius 2 is 2.25 bits per heavy atom. The summed E-state index contributed by atoms with van der Waals surface area (Å²) in [6, 6.07) is 7.05. The summed E-state index contributed by atoms with van der Waals surface area (Å²) in [4.78, 5) is 18.9. The number of piperidine rings is 1. The summed E-state index contributed by atoms with van der Waals surface area (Å²) in [7, 11) is 0. The Morgan fingerprint density at radius 1 is 1.38 bits per heavy atom. The molecule has 124 valence electrons. The summed E-state index contributed by atoms with van der Waals surface area (Å²) >= 11 is 5.99. The van der Waals surface area contributed by atoms with E-state index >= 15 is 0 Å². The highest BCUT2D eigenvalue weighted by atomic mass is 35.5. The molecule has 1 atom stereocenters. The van der Waals surface area contributed by atoms with Crippen LogP contribution in [-0.4, -0.2) is 34.0 Å². The first kappa shape index (κ1) is 15.2. The maximum absolute atomic E-state index is 12.8. The van der Waals surface area contributed by atoms with Crippen LogP contribution in [0.15, 0.2) is 33.2 Å². The molecule has 1 aliphatic heterocycles. The highest BCUT2D eigenvalue weighted by Gasteiger charge is 2.29. The topological polar surface area (TPSA) is 72.4 Å². The predicted molar refractivity (Wildman–Crippen MR) is 88.1 cm³/mol. The molecule has 24 heavy (non-hydrogen) atoms. The van der Waals surface area contributed by atoms with Crippen molar-refractivity contribution in [1.82, 2.24) is 15.0 Å². The molecule has 0 radical (unpaired) electrons. The summed E-state index contributed by atoms with van der Waals surface area (Å²) in [5.74, 6) is 1.52. The number of halogens is 1. The van der Waals surface area contributed by atoms with E-state index in [1.165, 1.54) is 0 Å². The van der Waals surface area contributed by atoms with Crippen LogP contribution in [0, 0.1) is 6.92 Å². The lowest BCUT2D eigenvalue weighted by Crippen LogP contribution is -2.39. The lowest BCUT2D eigenvalue weighted by molar-refractivity contribution is 0.0674. The number of nitrogens with zero attached hydrogens (tertiary/aromatic N) is 3. The quantitative estimate of drug-likeness (QED) is 0.706. The molecule has 1 fully saturated rings. The SMILES string of the molecule is Cc1nc([C@@H]2CCCN(C(=O)c3cc4cc(Cl)ccc4o3)C2)no1. The standard InChI is InChI=1S/C17H16ClN3O3/c1-10-19-16(20-24-10)11-3-2-6-21(9-11)17(22)15-8-12-7-13(18)4-5-14(12)23-15/h4-5,7-8,11H,2-3,6,9H2,1H3/t11-/m1/s1. The van der Waals surface area contributed by atoms with Crippen LogP contribution in [0.25, 0.3) is 11.0 Å². The Balaban J connectivity index is 1.56. The molecule has 0 spiro atoms. The van der Waals surface area contributed by atoms with Gasteiger partial charge < -0.3 is 13.8 Å². The Labute approximate surface area is 143 Å². The van der Waals surface area contributed by atoms with Crippen molar-refractivity contribution >= 4 is 28.5 Å². The molecule has 0 unspecified atom stereocenters. The van der Waals surface area contributed by atoms with E-state index in [9.17, 15) is 4.79 Å². The first-order valence-electron chi connectivity index (χ1n) is 7.89. The summed E-state index contributed by atoms with van der Waals surface area (Å²) in [6.45, 7) is 3.03. The van der Waals surface area contributed by atoms with Crippen molar-refractivity contribution in [3.63, 3.8) is 0 Å². The normalized spacial score (nSPS) is 18.2. The number of furan rings is 1. The number of aromatic nitrogens is 2. The van der Waals surface area contributed by atoms with Crippen molar-refractivity contribution in [2.45, 2.75) is 25.7 Å². The minimum atomic E-state index is -0.118. The average Bonchev–Trinajstić information content (AvgIpc) is 3.20. The minimum Gasteiger partial charge on any atom is -0.451 e. The van der Waals surface area contributed by atoms with E-state index in [4.69, 9.17) is 20.5 Å². The first-order valence-corrected chi connectivity index (χ1v) is 8.26. The summed E-state index contributed by atoms with van der Waals surface area (Å²) < 4.78 is 10.7. The van der Waals surface area contributed by atoms with Gasteiger partial charge in [0.2, 0.25) is 5.89 Å². The highest BCUT2D eigenvalue weighted by molar-refractivity contribution is 6.31. The number of aryl methyl sites for hydroxylation is 1. The molecule has 1 aromatic carbocycles. The van der Waals surface area contributed by atoms with Gasteiger partial charge in [0, 0.05) is 36.3 Å². The van der Waals surface area contributed by atoms with E-state index in [0.29, 0.717) is 41.2 Å². The van der Waals surface area contributed by atoms with Crippen molar-refractivity contribution in [2.24, 2.45) is 0 Å². The molecule has 3 aromatic rings. The first-order chi connectivity index (χ1) is 11.6. The highest BCUT2D eigenvalue weighted by Crippen LogP contribution is 2.28. The zero-order chi connectivity index (χ0) is 16.7. The van der Waals surface area contributed by atoms with Crippen molar-refractivity contribution in [2.75, 3.05) is 13.1 Å². The molecule has 0 saturated carbocycles. The van der Waals surface area contributed by atoms with Gasteiger partial charge in [0.25, 0.3) is 5.91 Å². The largest absolute Gasteiger partial charge is 0.451 e. The summed E-state index contributed by atoms with van der Waals surface area (Å²) in [5.41, 5.74) is 0.658. The maximum Gasteiger partial charge on any atom is 0.289 e. The third kappa shape index (κ3) is 2.78. The van der Waals surface area contributed by atoms with Gasteiger partial charge >= 0.3 is 0 Å². The number of rotatable bonds is 2. The van der Waals surface area contributed by atoms with Crippen molar-refractivity contribution in [3.8, 4) is 0 Å². The second kappa shape index (κ2) is 5.94. The van der Waals surface area contributed by atoms with Gasteiger partial charge in [-0.3, -0.25) is 4.79 Å². The van der Waals surface area contributed by atoms with Gasteiger partial charge in [-0.15, -0.1) is 0 Å². The minimum absolute atomic E-state index is 0.0963. The van der Waals surface area contributed by atoms with Gasteiger partial charge in [0.05, 0.1) is 0 Å². The number of likely N-dealkylation sites (tertiary alicyclic amines) is 1. The van der Waals surface area contributed by atoms with E-state index in [1.807, 2.05) is 0 Å². The maximum atomic E-state index is 12.8. The van der Waals surface area contributed by atoms with Crippen LogP contribution in [0.1, 0.15) is 41.0 Å². The Morgan fingerprint density at radius 3 is 3.04 bits per heavy atom. The fraction of sp³-hybridized carbons (Fsp3) is 0.353. The zero-order valence-electron chi connectivity index (χ0n) is 13.2. The van der Waals surface area contributed by atoms with Gasteiger partial charge in [-0.1, -0.05) is 16.8 Å². The monoisotopic (exact) mass is 345 g/mol. The van der Waals surface area contributed by atoms with Crippen molar-refractivity contribution in [1.29, 1.82) is 0 Å². The molecule has 2 aromatic heterocycles. The van der Waals surface area contributed by atoms with Crippen LogP contribution in [0.3, 0.4) is 0 Å². The Hall–Kier alpha value is -2.34. The summed E-state index contributed by atoms with van der Waals surface area (Å²) in [5, 5.41) is 5.43. The van der Waals surface area contributed by atoms with E-state index in [1.54, 1.807) is 36.1 Å². The van der Waals surface area contributed by atoms with Gasteiger partial charge in [-0.2, -0.15) is 4.98 Å². The van der Waals surface area contributed by atoms with Gasteiger partial charge in [0.15, 0.2) is 11.6 Å². The lowest BCUT2D eigenvalue weighted by atomic mass is 9.97. The molecule has 4 rings (SSSR count). The third-order valence-corrected chi connectivity index (χ3v) is 4.54. The number of hydrogen-bond acceptors (Lipinski definition) is 5. The van der Waals surface area contributed by atoms with Crippen LogP contribution in [0.5, 0.6) is 0 Å². The number of amides is 1. The number of hydrogen-bond donors (Lipinski definition) is 0. The van der Waals surface area contributed by atoms with Crippen molar-refractivity contribution < 1.29 is 13.7 Å². The lowest BCUT2D eigenvalue weighted by Gasteiger charge is -2.30. The van der Waals surface area contributed by atoms with E-state index in [0.717, 1.165) is 18.2 Å². The van der Waals surface area contributed by atoms with Crippen LogP contribution in [0.2, 0.25) is 5.02 Å². The van der Waals surface area contributed by atoms with Crippen LogP contribution in [0.4, 0.5) is 0 Å². The molecule has 3 heterocycles. The number of carbonyl (C=O) groups excluding carboxylic acids is 1. The van der Waals surface area contributed by atoms with Crippen LogP contribution in [-0.2, 0) is 0 Å². The van der Waals surface area contributed by atoms with Crippen molar-refractivity contribution in [3.05, 3.63) is 46.8 Å². The summed E-state index contributed by atoms with van der Waals surface area (Å²) in [6.07, 6.45) is 1.84. The molecule has 1 amide bonds.